The number of allylic oxidation sites excluding steroid dienone is 9. The Hall–Kier alpha value is -5.85. The summed E-state index contributed by atoms with van der Waals surface area (Å²) in [5.41, 5.74) is 14.4. The van der Waals surface area contributed by atoms with Gasteiger partial charge in [0, 0.05) is 33.9 Å². The molecule has 1 aromatic heterocycles. The molecular weight excluding hydrogens is 571 g/mol. The van der Waals surface area contributed by atoms with E-state index in [0.29, 0.717) is 11.5 Å². The van der Waals surface area contributed by atoms with Crippen LogP contribution in [-0.4, -0.2) is 10.6 Å². The summed E-state index contributed by atoms with van der Waals surface area (Å²) in [5.74, 6) is 0.296. The normalized spacial score (nSPS) is 19.1. The molecule has 0 N–H and O–H groups in total. The van der Waals surface area contributed by atoms with Gasteiger partial charge in [-0.25, -0.2) is 0 Å². The monoisotopic (exact) mass is 603 g/mol. The molecule has 0 amide bonds. The fraction of sp³-hybridized carbons (Fsp3) is 0.114. The maximum Gasteiger partial charge on any atom is 0.0991 e. The average molecular weight is 604 g/mol. The molecular formula is C44H33N3. The third kappa shape index (κ3) is 4.41. The van der Waals surface area contributed by atoms with Gasteiger partial charge in [-0.2, -0.15) is 5.26 Å². The Bertz CT molecular complexity index is 2310. The number of hydrogen-bond acceptors (Lipinski definition) is 2. The lowest BCUT2D eigenvalue weighted by Gasteiger charge is -2.31. The maximum atomic E-state index is 10.0. The van der Waals surface area contributed by atoms with E-state index in [1.54, 1.807) is 0 Å². The second kappa shape index (κ2) is 11.2. The summed E-state index contributed by atoms with van der Waals surface area (Å²) in [7, 11) is 0. The van der Waals surface area contributed by atoms with Crippen LogP contribution in [0.5, 0.6) is 0 Å². The Morgan fingerprint density at radius 2 is 1.53 bits per heavy atom. The quantitative estimate of drug-likeness (QED) is 0.205. The summed E-state index contributed by atoms with van der Waals surface area (Å²) in [4.78, 5) is 2.48. The Labute approximate surface area is 275 Å². The number of nitrogens with zero attached hydrogens (tertiary/aromatic N) is 3. The average Bonchev–Trinajstić information content (AvgIpc) is 3.51. The first-order valence-corrected chi connectivity index (χ1v) is 16.5. The van der Waals surface area contributed by atoms with Crippen LogP contribution >= 0.6 is 0 Å². The van der Waals surface area contributed by atoms with Gasteiger partial charge in [0.25, 0.3) is 0 Å². The summed E-state index contributed by atoms with van der Waals surface area (Å²) < 4.78 is 2.47. The van der Waals surface area contributed by atoms with Gasteiger partial charge in [0.1, 0.15) is 0 Å². The number of anilines is 2. The minimum absolute atomic E-state index is 0.186. The minimum atomic E-state index is 0.186. The van der Waals surface area contributed by atoms with E-state index in [2.05, 4.69) is 161 Å². The Kier molecular flexibility index (Phi) is 6.54. The first kappa shape index (κ1) is 27.5. The van der Waals surface area contributed by atoms with E-state index in [9.17, 15) is 5.26 Å². The van der Waals surface area contributed by atoms with Gasteiger partial charge in [-0.15, -0.1) is 0 Å². The summed E-state index contributed by atoms with van der Waals surface area (Å²) >= 11 is 0. The highest BCUT2D eigenvalue weighted by atomic mass is 15.2. The molecule has 1 aliphatic heterocycles. The van der Waals surface area contributed by atoms with Gasteiger partial charge in [-0.05, 0) is 89.6 Å². The van der Waals surface area contributed by atoms with E-state index in [1.165, 1.54) is 50.2 Å². The van der Waals surface area contributed by atoms with Crippen LogP contribution in [0.15, 0.2) is 146 Å². The first-order valence-electron chi connectivity index (χ1n) is 16.5. The lowest BCUT2D eigenvalue weighted by Crippen LogP contribution is -2.29. The Morgan fingerprint density at radius 3 is 2.43 bits per heavy atom. The molecule has 224 valence electrons. The molecule has 0 spiro atoms. The molecule has 5 aromatic rings. The standard InChI is InChI=1S/C44H33N3/c45-29-30-22-27-44(47-42-20-10-7-16-37(42)38-17-8-11-21-43(38)47)39(28-30)34-13-5-4-12-33(34)31-23-25-32(26-24-31)46-40-18-3-1-2-14-35(40)36-15-6-9-19-41(36)46/h1-13,15-23,25,27-28,37,42H,14,24,26H2. The van der Waals surface area contributed by atoms with Gasteiger partial charge in [0.15, 0.2) is 0 Å². The molecule has 0 radical (unpaired) electrons. The second-order valence-electron chi connectivity index (χ2n) is 12.7. The summed E-state index contributed by atoms with van der Waals surface area (Å²) in [6, 6.07) is 35.1. The fourth-order valence-corrected chi connectivity index (χ4v) is 8.07. The molecule has 2 unspecified atom stereocenters. The summed E-state index contributed by atoms with van der Waals surface area (Å²) in [5, 5.41) is 11.3. The topological polar surface area (TPSA) is 32.0 Å². The zero-order valence-electron chi connectivity index (χ0n) is 26.1. The van der Waals surface area contributed by atoms with E-state index in [0.717, 1.165) is 36.1 Å². The third-order valence-electron chi connectivity index (χ3n) is 10.2. The Balaban J connectivity index is 1.17. The molecule has 0 saturated heterocycles. The predicted molar refractivity (Wildman–Crippen MR) is 195 cm³/mol. The van der Waals surface area contributed by atoms with Crippen LogP contribution in [0.3, 0.4) is 0 Å². The zero-order chi connectivity index (χ0) is 31.3. The van der Waals surface area contributed by atoms with Gasteiger partial charge in [0.05, 0.1) is 28.9 Å². The van der Waals surface area contributed by atoms with E-state index in [-0.39, 0.29) is 6.04 Å². The van der Waals surface area contributed by atoms with Crippen molar-refractivity contribution < 1.29 is 0 Å². The number of benzene rings is 4. The predicted octanol–water partition coefficient (Wildman–Crippen LogP) is 10.8. The first-order chi connectivity index (χ1) is 23.3. The minimum Gasteiger partial charge on any atom is -0.333 e. The molecule has 2 heterocycles. The SMILES string of the molecule is N#Cc1ccc(N2c3ccccc3C3C=CC=CC32)c(-c2ccccc2C2=CC=C(n3c4c(c5ccccc53)CC=CC=C4)CC2)c1. The highest BCUT2D eigenvalue weighted by Gasteiger charge is 2.38. The molecule has 3 nitrogen and oxygen atoms in total. The van der Waals surface area contributed by atoms with Crippen molar-refractivity contribution in [3.8, 4) is 17.2 Å². The van der Waals surface area contributed by atoms with Crippen molar-refractivity contribution in [3.63, 3.8) is 0 Å². The van der Waals surface area contributed by atoms with Crippen molar-refractivity contribution in [1.82, 2.24) is 4.57 Å². The largest absolute Gasteiger partial charge is 0.333 e. The number of fused-ring (bicyclic) bond motifs is 6. The lowest BCUT2D eigenvalue weighted by molar-refractivity contribution is 0.745. The number of aromatic nitrogens is 1. The Morgan fingerprint density at radius 1 is 0.702 bits per heavy atom. The van der Waals surface area contributed by atoms with Crippen LogP contribution < -0.4 is 4.90 Å². The van der Waals surface area contributed by atoms with E-state index in [4.69, 9.17) is 0 Å². The summed E-state index contributed by atoms with van der Waals surface area (Å²) in [6.45, 7) is 0. The molecule has 0 bridgehead atoms. The van der Waals surface area contributed by atoms with Crippen molar-refractivity contribution in [3.05, 3.63) is 174 Å². The van der Waals surface area contributed by atoms with Crippen molar-refractivity contribution in [2.24, 2.45) is 0 Å². The van der Waals surface area contributed by atoms with Crippen LogP contribution in [0.4, 0.5) is 11.4 Å². The van der Waals surface area contributed by atoms with Crippen molar-refractivity contribution >= 4 is 39.6 Å². The molecule has 0 saturated carbocycles. The summed E-state index contributed by atoms with van der Waals surface area (Å²) in [6.07, 6.45) is 25.2. The van der Waals surface area contributed by atoms with Crippen LogP contribution in [0.1, 0.15) is 46.7 Å². The van der Waals surface area contributed by atoms with Crippen LogP contribution in [-0.2, 0) is 6.42 Å². The van der Waals surface area contributed by atoms with E-state index < -0.39 is 0 Å². The van der Waals surface area contributed by atoms with Crippen LogP contribution in [0, 0.1) is 11.3 Å². The number of para-hydroxylation sites is 2. The number of rotatable bonds is 4. The van der Waals surface area contributed by atoms with Crippen molar-refractivity contribution in [1.29, 1.82) is 5.26 Å². The lowest BCUT2D eigenvalue weighted by atomic mass is 9.88. The molecule has 0 fully saturated rings. The van der Waals surface area contributed by atoms with Gasteiger partial charge in [-0.3, -0.25) is 0 Å². The molecule has 2 atom stereocenters. The molecule has 4 aromatic carbocycles. The maximum absolute atomic E-state index is 10.0. The highest BCUT2D eigenvalue weighted by molar-refractivity contribution is 5.95. The van der Waals surface area contributed by atoms with Crippen molar-refractivity contribution in [2.45, 2.75) is 31.2 Å². The van der Waals surface area contributed by atoms with E-state index in [1.807, 2.05) is 6.07 Å². The molecule has 9 rings (SSSR count). The van der Waals surface area contributed by atoms with Gasteiger partial charge in [0.2, 0.25) is 0 Å². The van der Waals surface area contributed by atoms with Gasteiger partial charge in [-0.1, -0.05) is 109 Å². The van der Waals surface area contributed by atoms with Crippen LogP contribution in [0.2, 0.25) is 0 Å². The van der Waals surface area contributed by atoms with Crippen molar-refractivity contribution in [2.75, 3.05) is 4.90 Å². The van der Waals surface area contributed by atoms with E-state index >= 15 is 0 Å². The van der Waals surface area contributed by atoms with Crippen LogP contribution in [0.25, 0.3) is 39.4 Å². The number of nitriles is 1. The highest BCUT2D eigenvalue weighted by Crippen LogP contribution is 2.51. The molecule has 47 heavy (non-hydrogen) atoms. The van der Waals surface area contributed by atoms with Gasteiger partial charge < -0.3 is 9.47 Å². The molecule has 3 heteroatoms. The fourth-order valence-electron chi connectivity index (χ4n) is 8.07. The smallest absolute Gasteiger partial charge is 0.0991 e. The number of hydrogen-bond donors (Lipinski definition) is 0. The van der Waals surface area contributed by atoms with Gasteiger partial charge >= 0.3 is 0 Å². The third-order valence-corrected chi connectivity index (χ3v) is 10.2. The second-order valence-corrected chi connectivity index (χ2v) is 12.7. The molecule has 3 aliphatic carbocycles. The molecule has 4 aliphatic rings. The zero-order valence-corrected chi connectivity index (χ0v) is 26.1.